The van der Waals surface area contributed by atoms with Crippen LogP contribution >= 0.6 is 0 Å². The number of pyridine rings is 1. The Balaban J connectivity index is 1.79. The molecular formula is C26H29N3Si. The van der Waals surface area contributed by atoms with Gasteiger partial charge in [0.05, 0.1) is 5.69 Å². The molecule has 0 spiro atoms. The lowest BCUT2D eigenvalue weighted by Crippen LogP contribution is -2.48. The third kappa shape index (κ3) is 2.74. The fraction of sp³-hybridized carbons (Fsp3) is 0.269. The highest BCUT2D eigenvalue weighted by Crippen LogP contribution is 2.55. The average Bonchev–Trinajstić information content (AvgIpc) is 3.09. The zero-order valence-electron chi connectivity index (χ0n) is 18.2. The van der Waals surface area contributed by atoms with Crippen molar-refractivity contribution in [3.05, 3.63) is 84.9 Å². The Hall–Kier alpha value is -2.85. The Labute approximate surface area is 180 Å². The Morgan fingerprint density at radius 1 is 0.867 bits per heavy atom. The van der Waals surface area contributed by atoms with Gasteiger partial charge in [-0.3, -0.25) is 0 Å². The number of allylic oxidation sites excluding steroid dienone is 1. The molecule has 2 aliphatic rings. The molecule has 3 aromatic rings. The van der Waals surface area contributed by atoms with Crippen molar-refractivity contribution in [3.63, 3.8) is 0 Å². The largest absolute Gasteiger partial charge is 0.317 e. The second-order valence-corrected chi connectivity index (χ2v) is 14.5. The first-order valence-corrected chi connectivity index (χ1v) is 14.3. The van der Waals surface area contributed by atoms with Crippen LogP contribution in [0.15, 0.2) is 79.4 Å². The maximum absolute atomic E-state index is 5.29. The first-order valence-electron chi connectivity index (χ1n) is 10.8. The van der Waals surface area contributed by atoms with Crippen LogP contribution in [0.25, 0.3) is 0 Å². The second kappa shape index (κ2) is 6.85. The minimum atomic E-state index is -1.54. The molecule has 3 nitrogen and oxygen atoms in total. The summed E-state index contributed by atoms with van der Waals surface area (Å²) in [6.45, 7) is 13.6. The van der Waals surface area contributed by atoms with Crippen molar-refractivity contribution in [2.75, 3.05) is 9.80 Å². The maximum atomic E-state index is 5.29. The van der Waals surface area contributed by atoms with E-state index in [1.807, 2.05) is 0 Å². The number of hydrogen-bond acceptors (Lipinski definition) is 3. The first-order chi connectivity index (χ1) is 14.4. The normalized spacial score (nSPS) is 22.3. The van der Waals surface area contributed by atoms with E-state index in [0.717, 1.165) is 5.82 Å². The molecule has 2 aliphatic heterocycles. The van der Waals surface area contributed by atoms with Gasteiger partial charge in [0.15, 0.2) is 5.82 Å². The number of fused-ring (bicyclic) bond motifs is 5. The van der Waals surface area contributed by atoms with Crippen molar-refractivity contribution in [2.24, 2.45) is 5.92 Å². The van der Waals surface area contributed by atoms with Crippen molar-refractivity contribution < 1.29 is 0 Å². The molecule has 0 bridgehead atoms. The lowest BCUT2D eigenvalue weighted by atomic mass is 9.80. The monoisotopic (exact) mass is 411 g/mol. The van der Waals surface area contributed by atoms with E-state index in [1.54, 1.807) is 0 Å². The number of para-hydroxylation sites is 2. The third-order valence-corrected chi connectivity index (χ3v) is 8.34. The summed E-state index contributed by atoms with van der Waals surface area (Å²) in [5.74, 6) is 1.76. The Morgan fingerprint density at radius 2 is 1.57 bits per heavy atom. The Kier molecular flexibility index (Phi) is 4.37. The maximum Gasteiger partial charge on any atom is 0.158 e. The highest BCUT2D eigenvalue weighted by Gasteiger charge is 2.48. The predicted molar refractivity (Wildman–Crippen MR) is 130 cm³/mol. The summed E-state index contributed by atoms with van der Waals surface area (Å²) in [7, 11) is -1.54. The van der Waals surface area contributed by atoms with Crippen molar-refractivity contribution in [1.82, 2.24) is 4.98 Å². The minimum Gasteiger partial charge on any atom is -0.317 e. The van der Waals surface area contributed by atoms with Gasteiger partial charge in [-0.15, -0.1) is 6.58 Å². The SMILES string of the molecule is C=CC1c2ccccc2N2c3nc([Si](C)(C)C)ccc3N(c3ccccc3)C2C1C. The van der Waals surface area contributed by atoms with Crippen molar-refractivity contribution in [3.8, 4) is 0 Å². The van der Waals surface area contributed by atoms with Gasteiger partial charge in [0.25, 0.3) is 0 Å². The molecule has 1 aromatic heterocycles. The molecule has 3 atom stereocenters. The fourth-order valence-corrected chi connectivity index (χ4v) is 6.04. The summed E-state index contributed by atoms with van der Waals surface area (Å²) in [5.41, 5.74) is 5.00. The van der Waals surface area contributed by atoms with Crippen LogP contribution < -0.4 is 15.1 Å². The van der Waals surface area contributed by atoms with Crippen LogP contribution in [0, 0.1) is 5.92 Å². The zero-order valence-corrected chi connectivity index (χ0v) is 19.2. The van der Waals surface area contributed by atoms with Crippen LogP contribution in [0.1, 0.15) is 18.4 Å². The van der Waals surface area contributed by atoms with Crippen LogP contribution in [0.5, 0.6) is 0 Å². The van der Waals surface area contributed by atoms with E-state index in [0.29, 0.717) is 11.8 Å². The molecule has 0 N–H and O–H groups in total. The molecule has 30 heavy (non-hydrogen) atoms. The summed E-state index contributed by atoms with van der Waals surface area (Å²) >= 11 is 0. The number of nitrogens with zero attached hydrogens (tertiary/aromatic N) is 3. The fourth-order valence-electron chi connectivity index (χ4n) is 5.01. The van der Waals surface area contributed by atoms with E-state index in [4.69, 9.17) is 4.98 Å². The topological polar surface area (TPSA) is 19.4 Å². The molecule has 0 aliphatic carbocycles. The minimum absolute atomic E-state index is 0.171. The van der Waals surface area contributed by atoms with Crippen molar-refractivity contribution >= 4 is 36.3 Å². The van der Waals surface area contributed by atoms with Gasteiger partial charge in [-0.2, -0.15) is 0 Å². The van der Waals surface area contributed by atoms with Gasteiger partial charge in [0.1, 0.15) is 14.2 Å². The summed E-state index contributed by atoms with van der Waals surface area (Å²) in [6, 6.07) is 24.0. The average molecular weight is 412 g/mol. The number of rotatable bonds is 3. The highest BCUT2D eigenvalue weighted by molar-refractivity contribution is 6.88. The van der Waals surface area contributed by atoms with Gasteiger partial charge >= 0.3 is 0 Å². The summed E-state index contributed by atoms with van der Waals surface area (Å²) in [5, 5.41) is 1.26. The van der Waals surface area contributed by atoms with Gasteiger partial charge in [0.2, 0.25) is 0 Å². The Bertz CT molecular complexity index is 1100. The predicted octanol–water partition coefficient (Wildman–Crippen LogP) is 6.16. The molecule has 3 unspecified atom stereocenters. The lowest BCUT2D eigenvalue weighted by Gasteiger charge is -2.44. The van der Waals surface area contributed by atoms with E-state index in [1.165, 1.54) is 27.9 Å². The summed E-state index contributed by atoms with van der Waals surface area (Å²) in [4.78, 5) is 10.2. The van der Waals surface area contributed by atoms with Crippen LogP contribution in [-0.2, 0) is 0 Å². The number of anilines is 4. The molecule has 2 aromatic carbocycles. The molecule has 0 radical (unpaired) electrons. The number of benzene rings is 2. The van der Waals surface area contributed by atoms with Gasteiger partial charge in [-0.1, -0.05) is 69.0 Å². The van der Waals surface area contributed by atoms with E-state index in [2.05, 4.69) is 116 Å². The van der Waals surface area contributed by atoms with Gasteiger partial charge in [-0.05, 0) is 35.9 Å². The summed E-state index contributed by atoms with van der Waals surface area (Å²) in [6.07, 6.45) is 2.29. The quantitative estimate of drug-likeness (QED) is 0.380. The van der Waals surface area contributed by atoms with Crippen molar-refractivity contribution in [1.29, 1.82) is 0 Å². The standard InChI is InChI=1S/C26H29N3Si/c1-6-20-18(2)26-28(19-12-8-7-9-13-19)23-16-17-24(30(3,4)5)27-25(23)29(26)22-15-11-10-14-21(20)22/h6-18,20,26H,1H2,2-5H3. The molecular weight excluding hydrogens is 382 g/mol. The molecule has 3 heterocycles. The molecule has 5 rings (SSSR count). The van der Waals surface area contributed by atoms with Gasteiger partial charge in [0, 0.05) is 28.5 Å². The van der Waals surface area contributed by atoms with Crippen LogP contribution in [0.2, 0.25) is 19.6 Å². The molecule has 0 saturated heterocycles. The van der Waals surface area contributed by atoms with Crippen LogP contribution in [0.3, 0.4) is 0 Å². The first kappa shape index (κ1) is 19.1. The molecule has 0 saturated carbocycles. The third-order valence-electron chi connectivity index (χ3n) is 6.52. The van der Waals surface area contributed by atoms with Gasteiger partial charge < -0.3 is 9.80 Å². The lowest BCUT2D eigenvalue weighted by molar-refractivity contribution is 0.409. The molecule has 152 valence electrons. The highest BCUT2D eigenvalue weighted by atomic mass is 28.3. The van der Waals surface area contributed by atoms with E-state index in [9.17, 15) is 0 Å². The van der Waals surface area contributed by atoms with Crippen LogP contribution in [-0.4, -0.2) is 19.2 Å². The molecule has 0 fully saturated rings. The smallest absolute Gasteiger partial charge is 0.158 e. The van der Waals surface area contributed by atoms with E-state index >= 15 is 0 Å². The number of hydrogen-bond donors (Lipinski definition) is 0. The molecule has 4 heteroatoms. The van der Waals surface area contributed by atoms with E-state index in [-0.39, 0.29) is 6.17 Å². The summed E-state index contributed by atoms with van der Waals surface area (Å²) < 4.78 is 0. The Morgan fingerprint density at radius 3 is 2.27 bits per heavy atom. The number of aromatic nitrogens is 1. The second-order valence-electron chi connectivity index (χ2n) is 9.46. The molecule has 0 amide bonds. The zero-order chi connectivity index (χ0) is 21.0. The van der Waals surface area contributed by atoms with E-state index < -0.39 is 8.07 Å². The van der Waals surface area contributed by atoms with Crippen molar-refractivity contribution in [2.45, 2.75) is 38.6 Å². The van der Waals surface area contributed by atoms with Gasteiger partial charge in [-0.25, -0.2) is 4.98 Å². The van der Waals surface area contributed by atoms with Crippen LogP contribution in [0.4, 0.5) is 22.9 Å².